The molecule has 0 saturated carbocycles. The lowest BCUT2D eigenvalue weighted by atomic mass is 9.99. The molecule has 1 aliphatic heterocycles. The van der Waals surface area contributed by atoms with Gasteiger partial charge in [-0.2, -0.15) is 0 Å². The molecule has 1 aliphatic rings. The molecule has 1 amide bonds. The smallest absolute Gasteiger partial charge is 0.220 e. The molecule has 67 heavy (non-hydrogen) atoms. The molecule has 0 aromatic heterocycles. The molecular formula is C58H105NO8. The minimum absolute atomic E-state index is 0.144. The van der Waals surface area contributed by atoms with Crippen molar-refractivity contribution in [2.45, 2.75) is 288 Å². The number of aliphatic hydroxyl groups excluding tert-OH is 5. The topological polar surface area (TPSA) is 149 Å². The molecule has 6 N–H and O–H groups in total. The van der Waals surface area contributed by atoms with Gasteiger partial charge in [0.2, 0.25) is 5.91 Å². The zero-order valence-electron chi connectivity index (χ0n) is 43.1. The number of aliphatic hydroxyl groups is 5. The minimum atomic E-state index is -1.56. The predicted molar refractivity (Wildman–Crippen MR) is 281 cm³/mol. The Bertz CT molecular complexity index is 1230. The van der Waals surface area contributed by atoms with Crippen LogP contribution in [0.3, 0.4) is 0 Å². The molecule has 7 unspecified atom stereocenters. The Balaban J connectivity index is 2.25. The Morgan fingerprint density at radius 2 is 0.925 bits per heavy atom. The second-order valence-electron chi connectivity index (χ2n) is 19.4. The third kappa shape index (κ3) is 37.4. The van der Waals surface area contributed by atoms with E-state index in [9.17, 15) is 30.3 Å². The summed E-state index contributed by atoms with van der Waals surface area (Å²) in [6.45, 7) is 3.73. The van der Waals surface area contributed by atoms with E-state index in [0.717, 1.165) is 83.5 Å². The van der Waals surface area contributed by atoms with Gasteiger partial charge in [-0.15, -0.1) is 0 Å². The maximum Gasteiger partial charge on any atom is 0.220 e. The highest BCUT2D eigenvalue weighted by atomic mass is 16.7. The molecule has 1 rings (SSSR count). The van der Waals surface area contributed by atoms with Crippen molar-refractivity contribution < 1.29 is 39.8 Å². The first kappa shape index (κ1) is 62.9. The van der Waals surface area contributed by atoms with Crippen LogP contribution in [0.25, 0.3) is 0 Å². The largest absolute Gasteiger partial charge is 0.394 e. The first-order valence-electron chi connectivity index (χ1n) is 28.0. The monoisotopic (exact) mass is 944 g/mol. The fourth-order valence-corrected chi connectivity index (χ4v) is 8.72. The van der Waals surface area contributed by atoms with Gasteiger partial charge in [0.05, 0.1) is 25.4 Å². The van der Waals surface area contributed by atoms with Gasteiger partial charge in [-0.3, -0.25) is 4.79 Å². The Kier molecular flexibility index (Phi) is 44.7. The first-order chi connectivity index (χ1) is 32.8. The van der Waals surface area contributed by atoms with Crippen LogP contribution in [-0.4, -0.2) is 87.5 Å². The van der Waals surface area contributed by atoms with Gasteiger partial charge in [0.1, 0.15) is 24.4 Å². The van der Waals surface area contributed by atoms with Crippen LogP contribution in [0.1, 0.15) is 245 Å². The van der Waals surface area contributed by atoms with Crippen molar-refractivity contribution in [3.05, 3.63) is 60.8 Å². The Hall–Kier alpha value is -2.11. The standard InChI is InChI=1S/C58H105NO8/c1-3-5-7-9-11-13-15-17-19-21-23-25-26-28-30-32-34-36-38-40-42-44-46-48-54(62)59-51(50-66-58-57(65)56(64)55(63)53(49-60)67-58)52(61)47-45-43-41-39-37-35-33-31-29-27-24-22-20-18-16-14-12-10-8-6-4-2/h5,7,11,13,17,19,23,25,28,30,51-53,55-58,60-61,63-65H,3-4,6,8-10,12,14-16,18,20-22,24,26-27,29,31-50H2,1-2H3,(H,59,62)/b7-5-,13-11-,19-17-,25-23-,30-28-. The van der Waals surface area contributed by atoms with Crippen LogP contribution in [0.5, 0.6) is 0 Å². The van der Waals surface area contributed by atoms with Crippen LogP contribution >= 0.6 is 0 Å². The Morgan fingerprint density at radius 3 is 1.37 bits per heavy atom. The highest BCUT2D eigenvalue weighted by molar-refractivity contribution is 5.76. The number of nitrogens with one attached hydrogen (secondary N) is 1. The van der Waals surface area contributed by atoms with Gasteiger partial charge in [-0.1, -0.05) is 242 Å². The molecule has 0 aliphatic carbocycles. The number of hydrogen-bond donors (Lipinski definition) is 6. The van der Waals surface area contributed by atoms with Gasteiger partial charge in [-0.25, -0.2) is 0 Å². The molecule has 0 spiro atoms. The molecule has 390 valence electrons. The minimum Gasteiger partial charge on any atom is -0.394 e. The summed E-state index contributed by atoms with van der Waals surface area (Å²) in [7, 11) is 0. The van der Waals surface area contributed by atoms with Crippen LogP contribution in [-0.2, 0) is 14.3 Å². The van der Waals surface area contributed by atoms with Crippen molar-refractivity contribution in [3.63, 3.8) is 0 Å². The third-order valence-electron chi connectivity index (χ3n) is 13.1. The van der Waals surface area contributed by atoms with Gasteiger partial charge < -0.3 is 40.3 Å². The van der Waals surface area contributed by atoms with Gasteiger partial charge in [0, 0.05) is 6.42 Å². The van der Waals surface area contributed by atoms with Crippen molar-refractivity contribution in [2.24, 2.45) is 0 Å². The molecular weight excluding hydrogens is 839 g/mol. The van der Waals surface area contributed by atoms with Crippen molar-refractivity contribution in [2.75, 3.05) is 13.2 Å². The number of amides is 1. The van der Waals surface area contributed by atoms with E-state index >= 15 is 0 Å². The summed E-state index contributed by atoms with van der Waals surface area (Å²) in [5.41, 5.74) is 0. The van der Waals surface area contributed by atoms with Gasteiger partial charge in [0.15, 0.2) is 6.29 Å². The molecule has 0 aromatic carbocycles. The van der Waals surface area contributed by atoms with Crippen molar-refractivity contribution >= 4 is 5.91 Å². The number of rotatable bonds is 47. The van der Waals surface area contributed by atoms with Crippen LogP contribution < -0.4 is 5.32 Å². The summed E-state index contributed by atoms with van der Waals surface area (Å²) in [6.07, 6.45) is 56.6. The van der Waals surface area contributed by atoms with Gasteiger partial charge in [-0.05, 0) is 57.8 Å². The van der Waals surface area contributed by atoms with E-state index in [4.69, 9.17) is 9.47 Å². The lowest BCUT2D eigenvalue weighted by Crippen LogP contribution is -2.60. The average Bonchev–Trinajstić information content (AvgIpc) is 3.33. The van der Waals surface area contributed by atoms with E-state index < -0.39 is 49.5 Å². The Labute approximate surface area is 411 Å². The molecule has 0 bridgehead atoms. The van der Waals surface area contributed by atoms with Crippen molar-refractivity contribution in [3.8, 4) is 0 Å². The summed E-state index contributed by atoms with van der Waals surface area (Å²) >= 11 is 0. The second-order valence-corrected chi connectivity index (χ2v) is 19.4. The van der Waals surface area contributed by atoms with Gasteiger partial charge in [0.25, 0.3) is 0 Å². The van der Waals surface area contributed by atoms with E-state index in [2.05, 4.69) is 79.9 Å². The lowest BCUT2D eigenvalue weighted by molar-refractivity contribution is -0.302. The van der Waals surface area contributed by atoms with Crippen LogP contribution in [0.2, 0.25) is 0 Å². The fraction of sp³-hybridized carbons (Fsp3) is 0.810. The quantitative estimate of drug-likeness (QED) is 0.0261. The predicted octanol–water partition coefficient (Wildman–Crippen LogP) is 13.5. The lowest BCUT2D eigenvalue weighted by Gasteiger charge is -2.40. The van der Waals surface area contributed by atoms with Crippen LogP contribution in [0.4, 0.5) is 0 Å². The third-order valence-corrected chi connectivity index (χ3v) is 13.1. The van der Waals surface area contributed by atoms with E-state index in [-0.39, 0.29) is 12.5 Å². The summed E-state index contributed by atoms with van der Waals surface area (Å²) in [6, 6.07) is -0.729. The molecule has 1 saturated heterocycles. The normalized spacial score (nSPS) is 20.1. The van der Waals surface area contributed by atoms with Crippen molar-refractivity contribution in [1.29, 1.82) is 0 Å². The molecule has 0 radical (unpaired) electrons. The zero-order chi connectivity index (χ0) is 48.7. The van der Waals surface area contributed by atoms with E-state index in [0.29, 0.717) is 12.8 Å². The fourth-order valence-electron chi connectivity index (χ4n) is 8.72. The number of carbonyl (C=O) groups is 1. The Morgan fingerprint density at radius 1 is 0.522 bits per heavy atom. The number of hydrogen-bond acceptors (Lipinski definition) is 8. The van der Waals surface area contributed by atoms with E-state index in [1.165, 1.54) is 135 Å². The highest BCUT2D eigenvalue weighted by Crippen LogP contribution is 2.23. The molecule has 0 aromatic rings. The first-order valence-corrected chi connectivity index (χ1v) is 28.0. The zero-order valence-corrected chi connectivity index (χ0v) is 43.1. The van der Waals surface area contributed by atoms with Crippen LogP contribution in [0.15, 0.2) is 60.8 Å². The van der Waals surface area contributed by atoms with E-state index in [1.54, 1.807) is 0 Å². The number of ether oxygens (including phenoxy) is 2. The number of unbranched alkanes of at least 4 members (excludes halogenated alkanes) is 27. The summed E-state index contributed by atoms with van der Waals surface area (Å²) in [5, 5.41) is 54.7. The molecule has 9 heteroatoms. The maximum absolute atomic E-state index is 13.1. The highest BCUT2D eigenvalue weighted by Gasteiger charge is 2.44. The summed E-state index contributed by atoms with van der Waals surface area (Å²) in [5.74, 6) is -0.155. The average molecular weight is 944 g/mol. The SMILES string of the molecule is CC/C=C\C/C=C\C/C=C\C/C=C\C/C=C\CCCCCCCCCC(=O)NC(COC1OC(CO)C(O)C(O)C1O)C(O)CCCCCCCCCCCCCCCCCCCCCCC. The molecule has 7 atom stereocenters. The maximum atomic E-state index is 13.1. The second kappa shape index (κ2) is 47.6. The van der Waals surface area contributed by atoms with Gasteiger partial charge >= 0.3 is 0 Å². The molecule has 1 heterocycles. The number of allylic oxidation sites excluding steroid dienone is 10. The summed E-state index contributed by atoms with van der Waals surface area (Å²) in [4.78, 5) is 13.1. The molecule has 1 fully saturated rings. The van der Waals surface area contributed by atoms with Crippen LogP contribution in [0, 0.1) is 0 Å². The number of carbonyl (C=O) groups excluding carboxylic acids is 1. The summed E-state index contributed by atoms with van der Waals surface area (Å²) < 4.78 is 11.3. The van der Waals surface area contributed by atoms with E-state index in [1.807, 2.05) is 0 Å². The molecule has 9 nitrogen and oxygen atoms in total. The van der Waals surface area contributed by atoms with Crippen molar-refractivity contribution in [1.82, 2.24) is 5.32 Å².